The standard InChI is InChI=1S/C29H29N3O3S/c1-31-28(33)21-9-13-25(14-10-21)36-16-15-32(19-20-7-11-24(30)12-8-20)29(34)26-17-22-5-3-4-6-23(22)18-27(26)35-2/h3-14,17-18H,15-16,19,30H2,1-2H3,(H,31,33). The van der Waals surface area contributed by atoms with E-state index in [-0.39, 0.29) is 11.8 Å². The summed E-state index contributed by atoms with van der Waals surface area (Å²) in [7, 11) is 3.20. The van der Waals surface area contributed by atoms with Crippen molar-refractivity contribution in [3.05, 3.63) is 102 Å². The maximum absolute atomic E-state index is 13.8. The topological polar surface area (TPSA) is 84.7 Å². The molecule has 36 heavy (non-hydrogen) atoms. The van der Waals surface area contributed by atoms with E-state index in [4.69, 9.17) is 10.5 Å². The summed E-state index contributed by atoms with van der Waals surface area (Å²) in [5, 5.41) is 4.63. The number of amides is 2. The molecule has 6 nitrogen and oxygen atoms in total. The maximum Gasteiger partial charge on any atom is 0.257 e. The molecule has 4 rings (SSSR count). The van der Waals surface area contributed by atoms with Gasteiger partial charge in [0.05, 0.1) is 12.7 Å². The summed E-state index contributed by atoms with van der Waals surface area (Å²) in [6.07, 6.45) is 0. The zero-order valence-electron chi connectivity index (χ0n) is 20.4. The molecule has 0 saturated heterocycles. The average Bonchev–Trinajstić information content (AvgIpc) is 2.92. The smallest absolute Gasteiger partial charge is 0.257 e. The number of methoxy groups -OCH3 is 1. The van der Waals surface area contributed by atoms with Gasteiger partial charge in [0, 0.05) is 42.0 Å². The van der Waals surface area contributed by atoms with Gasteiger partial charge in [-0.25, -0.2) is 0 Å². The number of nitrogen functional groups attached to an aromatic ring is 1. The second-order valence-corrected chi connectivity index (χ2v) is 9.49. The molecule has 0 radical (unpaired) electrons. The lowest BCUT2D eigenvalue weighted by atomic mass is 10.0. The van der Waals surface area contributed by atoms with E-state index in [1.807, 2.05) is 77.7 Å². The minimum absolute atomic E-state index is 0.0926. The van der Waals surface area contributed by atoms with Crippen molar-refractivity contribution in [1.29, 1.82) is 0 Å². The van der Waals surface area contributed by atoms with E-state index < -0.39 is 0 Å². The van der Waals surface area contributed by atoms with Gasteiger partial charge in [-0.05, 0) is 64.9 Å². The Morgan fingerprint density at radius 1 is 0.944 bits per heavy atom. The molecule has 4 aromatic rings. The van der Waals surface area contributed by atoms with Gasteiger partial charge in [0.1, 0.15) is 5.75 Å². The zero-order valence-corrected chi connectivity index (χ0v) is 21.2. The van der Waals surface area contributed by atoms with Gasteiger partial charge < -0.3 is 20.7 Å². The van der Waals surface area contributed by atoms with Gasteiger partial charge in [0.25, 0.3) is 11.8 Å². The Balaban J connectivity index is 1.55. The summed E-state index contributed by atoms with van der Waals surface area (Å²) in [6, 6.07) is 26.8. The quantitative estimate of drug-likeness (QED) is 0.244. The maximum atomic E-state index is 13.8. The summed E-state index contributed by atoms with van der Waals surface area (Å²) in [5.74, 6) is 1.04. The fourth-order valence-electron chi connectivity index (χ4n) is 3.94. The van der Waals surface area contributed by atoms with Crippen LogP contribution in [-0.4, -0.2) is 43.2 Å². The lowest BCUT2D eigenvalue weighted by molar-refractivity contribution is 0.0751. The molecule has 4 aromatic carbocycles. The Kier molecular flexibility index (Phi) is 8.13. The van der Waals surface area contributed by atoms with E-state index in [0.29, 0.717) is 41.4 Å². The Morgan fingerprint density at radius 2 is 1.61 bits per heavy atom. The molecule has 2 amide bonds. The van der Waals surface area contributed by atoms with Crippen LogP contribution in [0.5, 0.6) is 5.75 Å². The third-order valence-electron chi connectivity index (χ3n) is 5.91. The lowest BCUT2D eigenvalue weighted by Crippen LogP contribution is -2.33. The third-order valence-corrected chi connectivity index (χ3v) is 6.90. The van der Waals surface area contributed by atoms with E-state index in [1.165, 1.54) is 0 Å². The first kappa shape index (κ1) is 25.1. The van der Waals surface area contributed by atoms with Gasteiger partial charge in [-0.2, -0.15) is 0 Å². The van der Waals surface area contributed by atoms with Crippen LogP contribution < -0.4 is 15.8 Å². The first-order chi connectivity index (χ1) is 17.5. The summed E-state index contributed by atoms with van der Waals surface area (Å²) in [5.41, 5.74) is 8.69. The molecule has 0 atom stereocenters. The van der Waals surface area contributed by atoms with Gasteiger partial charge in [-0.1, -0.05) is 36.4 Å². The summed E-state index contributed by atoms with van der Waals surface area (Å²) < 4.78 is 5.60. The molecule has 0 fully saturated rings. The van der Waals surface area contributed by atoms with E-state index in [0.717, 1.165) is 21.2 Å². The van der Waals surface area contributed by atoms with E-state index in [9.17, 15) is 9.59 Å². The number of hydrogen-bond acceptors (Lipinski definition) is 5. The third kappa shape index (κ3) is 5.98. The van der Waals surface area contributed by atoms with Crippen LogP contribution in [0.1, 0.15) is 26.3 Å². The summed E-state index contributed by atoms with van der Waals surface area (Å²) in [6.45, 7) is 0.978. The number of fused-ring (bicyclic) bond motifs is 1. The molecule has 7 heteroatoms. The summed E-state index contributed by atoms with van der Waals surface area (Å²) in [4.78, 5) is 28.5. The first-order valence-electron chi connectivity index (χ1n) is 11.6. The normalized spacial score (nSPS) is 10.7. The monoisotopic (exact) mass is 499 g/mol. The predicted octanol–water partition coefficient (Wildman–Crippen LogP) is 5.22. The van der Waals surface area contributed by atoms with Crippen LogP contribution >= 0.6 is 11.8 Å². The number of nitrogens with zero attached hydrogens (tertiary/aromatic N) is 1. The average molecular weight is 500 g/mol. The highest BCUT2D eigenvalue weighted by Gasteiger charge is 2.21. The number of benzene rings is 4. The molecular formula is C29H29N3O3S. The van der Waals surface area contributed by atoms with Crippen LogP contribution in [0.4, 0.5) is 5.69 Å². The highest BCUT2D eigenvalue weighted by Crippen LogP contribution is 2.28. The number of nitrogens with two attached hydrogens (primary N) is 1. The number of carbonyl (C=O) groups is 2. The molecule has 0 heterocycles. The Hall–Kier alpha value is -3.97. The second-order valence-electron chi connectivity index (χ2n) is 8.32. The number of thioether (sulfide) groups is 1. The molecule has 3 N–H and O–H groups in total. The van der Waals surface area contributed by atoms with Crippen molar-refractivity contribution < 1.29 is 14.3 Å². The van der Waals surface area contributed by atoms with E-state index in [2.05, 4.69) is 5.32 Å². The van der Waals surface area contributed by atoms with Crippen LogP contribution in [0, 0.1) is 0 Å². The number of nitrogens with one attached hydrogen (secondary N) is 1. The fourth-order valence-corrected chi connectivity index (χ4v) is 4.82. The number of rotatable bonds is 9. The molecule has 0 aliphatic heterocycles. The predicted molar refractivity (Wildman–Crippen MR) is 147 cm³/mol. The van der Waals surface area contributed by atoms with Crippen LogP contribution in [-0.2, 0) is 6.54 Å². The number of ether oxygens (including phenoxy) is 1. The number of anilines is 1. The van der Waals surface area contributed by atoms with Crippen molar-refractivity contribution in [2.45, 2.75) is 11.4 Å². The van der Waals surface area contributed by atoms with Crippen molar-refractivity contribution in [2.24, 2.45) is 0 Å². The van der Waals surface area contributed by atoms with Crippen molar-refractivity contribution in [2.75, 3.05) is 32.2 Å². The molecule has 0 spiro atoms. The van der Waals surface area contributed by atoms with Gasteiger partial charge in [0.2, 0.25) is 0 Å². The van der Waals surface area contributed by atoms with Gasteiger partial charge in [-0.15, -0.1) is 11.8 Å². The molecule has 0 unspecified atom stereocenters. The molecular weight excluding hydrogens is 470 g/mol. The first-order valence-corrected chi connectivity index (χ1v) is 12.6. The molecule has 184 valence electrons. The van der Waals surface area contributed by atoms with E-state index in [1.54, 1.807) is 38.1 Å². The van der Waals surface area contributed by atoms with Crippen molar-refractivity contribution in [1.82, 2.24) is 10.2 Å². The fraction of sp³-hybridized carbons (Fsp3) is 0.172. The molecule has 0 saturated carbocycles. The van der Waals surface area contributed by atoms with Crippen LogP contribution in [0.3, 0.4) is 0 Å². The van der Waals surface area contributed by atoms with Crippen LogP contribution in [0.25, 0.3) is 10.8 Å². The SMILES string of the molecule is CNC(=O)c1ccc(SCCN(Cc2ccc(N)cc2)C(=O)c2cc3ccccc3cc2OC)cc1. The molecule has 0 aromatic heterocycles. The van der Waals surface area contributed by atoms with Gasteiger partial charge >= 0.3 is 0 Å². The molecule has 0 aliphatic carbocycles. The largest absolute Gasteiger partial charge is 0.496 e. The lowest BCUT2D eigenvalue weighted by Gasteiger charge is -2.24. The van der Waals surface area contributed by atoms with Crippen molar-refractivity contribution >= 4 is 40.0 Å². The Morgan fingerprint density at radius 3 is 2.25 bits per heavy atom. The van der Waals surface area contributed by atoms with E-state index >= 15 is 0 Å². The van der Waals surface area contributed by atoms with Crippen molar-refractivity contribution in [3.8, 4) is 5.75 Å². The van der Waals surface area contributed by atoms with Gasteiger partial charge in [-0.3, -0.25) is 9.59 Å². The van der Waals surface area contributed by atoms with Gasteiger partial charge in [0.15, 0.2) is 0 Å². The Bertz CT molecular complexity index is 1350. The van der Waals surface area contributed by atoms with Crippen LogP contribution in [0.15, 0.2) is 89.8 Å². The minimum atomic E-state index is -0.115. The zero-order chi connectivity index (χ0) is 25.5. The number of hydrogen-bond donors (Lipinski definition) is 2. The number of carbonyl (C=O) groups excluding carboxylic acids is 2. The van der Waals surface area contributed by atoms with Crippen molar-refractivity contribution in [3.63, 3.8) is 0 Å². The Labute approximate surface area is 215 Å². The molecule has 0 aliphatic rings. The van der Waals surface area contributed by atoms with Crippen LogP contribution in [0.2, 0.25) is 0 Å². The highest BCUT2D eigenvalue weighted by atomic mass is 32.2. The summed E-state index contributed by atoms with van der Waals surface area (Å²) >= 11 is 1.64. The second kappa shape index (κ2) is 11.6. The minimum Gasteiger partial charge on any atom is -0.496 e. The highest BCUT2D eigenvalue weighted by molar-refractivity contribution is 7.99. The molecule has 0 bridgehead atoms.